The Hall–Kier alpha value is -7.43. The van der Waals surface area contributed by atoms with Crippen molar-refractivity contribution in [2.75, 3.05) is 0 Å². The molecule has 4 nitrogen and oxygen atoms in total. The molecular weight excluding hydrogens is 671 g/mol. The highest BCUT2D eigenvalue weighted by Crippen LogP contribution is 2.42. The maximum absolute atomic E-state index is 6.51. The van der Waals surface area contributed by atoms with E-state index in [1.807, 2.05) is 48.5 Å². The van der Waals surface area contributed by atoms with Crippen LogP contribution in [0, 0.1) is 0 Å². The van der Waals surface area contributed by atoms with Crippen LogP contribution in [0.15, 0.2) is 192 Å². The van der Waals surface area contributed by atoms with Gasteiger partial charge < -0.3 is 4.42 Å². The molecule has 9 aromatic carbocycles. The van der Waals surface area contributed by atoms with Crippen LogP contribution in [0.4, 0.5) is 0 Å². The lowest BCUT2D eigenvalue weighted by molar-refractivity contribution is 0.669. The van der Waals surface area contributed by atoms with Crippen molar-refractivity contribution in [3.63, 3.8) is 0 Å². The monoisotopic (exact) mass is 701 g/mol. The molecule has 0 aliphatic carbocycles. The van der Waals surface area contributed by atoms with Crippen molar-refractivity contribution in [3.05, 3.63) is 188 Å². The quantitative estimate of drug-likeness (QED) is 0.168. The van der Waals surface area contributed by atoms with Gasteiger partial charge in [-0.3, -0.25) is 0 Å². The summed E-state index contributed by atoms with van der Waals surface area (Å²) in [4.78, 5) is 15.2. The second kappa shape index (κ2) is 12.6. The van der Waals surface area contributed by atoms with Gasteiger partial charge in [0, 0.05) is 27.5 Å². The van der Waals surface area contributed by atoms with Gasteiger partial charge in [0.05, 0.1) is 0 Å². The molecule has 2 heterocycles. The summed E-state index contributed by atoms with van der Waals surface area (Å²) in [5.74, 6) is 1.85. The zero-order valence-corrected chi connectivity index (χ0v) is 29.6. The molecule has 2 aromatic heterocycles. The largest absolute Gasteiger partial charge is 0.456 e. The van der Waals surface area contributed by atoms with Crippen molar-refractivity contribution in [2.24, 2.45) is 0 Å². The smallest absolute Gasteiger partial charge is 0.164 e. The minimum atomic E-state index is 0.603. The Morgan fingerprint density at radius 3 is 1.45 bits per heavy atom. The summed E-state index contributed by atoms with van der Waals surface area (Å²) in [6.07, 6.45) is 0. The first kappa shape index (κ1) is 31.1. The van der Waals surface area contributed by atoms with Crippen molar-refractivity contribution in [2.45, 2.75) is 0 Å². The summed E-state index contributed by atoms with van der Waals surface area (Å²) in [5, 5.41) is 9.61. The predicted molar refractivity (Wildman–Crippen MR) is 227 cm³/mol. The van der Waals surface area contributed by atoms with Crippen molar-refractivity contribution < 1.29 is 4.42 Å². The fourth-order valence-corrected chi connectivity index (χ4v) is 8.10. The second-order valence-electron chi connectivity index (χ2n) is 14.0. The van der Waals surface area contributed by atoms with Crippen LogP contribution >= 0.6 is 0 Å². The Balaban J connectivity index is 1.09. The van der Waals surface area contributed by atoms with Crippen molar-refractivity contribution in [1.29, 1.82) is 0 Å². The first-order valence-corrected chi connectivity index (χ1v) is 18.5. The molecule has 0 spiro atoms. The molecule has 256 valence electrons. The molecule has 0 aliphatic rings. The van der Waals surface area contributed by atoms with Gasteiger partial charge in [0.15, 0.2) is 17.5 Å². The molecule has 0 atom stereocenters. The first-order valence-electron chi connectivity index (χ1n) is 18.5. The number of nitrogens with zero attached hydrogens (tertiary/aromatic N) is 3. The fraction of sp³-hybridized carbons (Fsp3) is 0. The van der Waals surface area contributed by atoms with E-state index in [-0.39, 0.29) is 0 Å². The number of rotatable bonds is 5. The zero-order chi connectivity index (χ0) is 36.3. The minimum absolute atomic E-state index is 0.603. The van der Waals surface area contributed by atoms with Gasteiger partial charge >= 0.3 is 0 Å². The van der Waals surface area contributed by atoms with E-state index in [1.165, 1.54) is 32.3 Å². The first-order chi connectivity index (χ1) is 27.2. The molecule has 0 N–H and O–H groups in total. The van der Waals surface area contributed by atoms with Gasteiger partial charge in [0.25, 0.3) is 0 Å². The van der Waals surface area contributed by atoms with Gasteiger partial charge in [0.2, 0.25) is 0 Å². The fourth-order valence-electron chi connectivity index (χ4n) is 8.10. The number of benzene rings is 9. The Bertz CT molecular complexity index is 3220. The molecule has 0 bridgehead atoms. The van der Waals surface area contributed by atoms with Crippen LogP contribution in [0.5, 0.6) is 0 Å². The highest BCUT2D eigenvalue weighted by atomic mass is 16.3. The molecule has 11 aromatic rings. The van der Waals surface area contributed by atoms with Gasteiger partial charge in [-0.15, -0.1) is 0 Å². The van der Waals surface area contributed by atoms with Crippen LogP contribution in [-0.4, -0.2) is 15.0 Å². The van der Waals surface area contributed by atoms with Crippen molar-refractivity contribution >= 4 is 54.3 Å². The van der Waals surface area contributed by atoms with Crippen LogP contribution in [0.3, 0.4) is 0 Å². The lowest BCUT2D eigenvalue weighted by Crippen LogP contribution is -2.00. The summed E-state index contributed by atoms with van der Waals surface area (Å²) in [6, 6.07) is 65.8. The van der Waals surface area contributed by atoms with E-state index in [0.29, 0.717) is 17.5 Å². The number of aromatic nitrogens is 3. The lowest BCUT2D eigenvalue weighted by Gasteiger charge is -2.12. The third kappa shape index (κ3) is 5.26. The molecule has 55 heavy (non-hydrogen) atoms. The number of furan rings is 1. The molecule has 0 amide bonds. The van der Waals surface area contributed by atoms with Crippen molar-refractivity contribution in [3.8, 4) is 56.4 Å². The summed E-state index contributed by atoms with van der Waals surface area (Å²) in [7, 11) is 0. The van der Waals surface area contributed by atoms with Gasteiger partial charge in [-0.25, -0.2) is 15.0 Å². The number of hydrogen-bond acceptors (Lipinski definition) is 4. The maximum Gasteiger partial charge on any atom is 0.164 e. The highest BCUT2D eigenvalue weighted by molar-refractivity contribution is 6.26. The molecular formula is C51H31N3O. The van der Waals surface area contributed by atoms with Crippen LogP contribution in [0.25, 0.3) is 111 Å². The Labute approximate surface area is 317 Å². The summed E-state index contributed by atoms with van der Waals surface area (Å²) >= 11 is 0. The summed E-state index contributed by atoms with van der Waals surface area (Å²) < 4.78 is 6.51. The van der Waals surface area contributed by atoms with Gasteiger partial charge in [-0.1, -0.05) is 152 Å². The van der Waals surface area contributed by atoms with Gasteiger partial charge in [-0.2, -0.15) is 0 Å². The van der Waals surface area contributed by atoms with Crippen LogP contribution in [0.1, 0.15) is 0 Å². The Morgan fingerprint density at radius 2 is 0.764 bits per heavy atom. The van der Waals surface area contributed by atoms with E-state index in [9.17, 15) is 0 Å². The third-order valence-corrected chi connectivity index (χ3v) is 10.7. The molecule has 0 saturated heterocycles. The minimum Gasteiger partial charge on any atom is -0.456 e. The van der Waals surface area contributed by atoms with E-state index in [0.717, 1.165) is 60.9 Å². The number of hydrogen-bond donors (Lipinski definition) is 0. The molecule has 4 heteroatoms. The molecule has 0 fully saturated rings. The second-order valence-corrected chi connectivity index (χ2v) is 14.0. The van der Waals surface area contributed by atoms with Crippen LogP contribution in [0.2, 0.25) is 0 Å². The molecule has 11 rings (SSSR count). The third-order valence-electron chi connectivity index (χ3n) is 10.7. The normalized spacial score (nSPS) is 11.6. The van der Waals surface area contributed by atoms with Crippen LogP contribution in [-0.2, 0) is 0 Å². The molecule has 0 saturated carbocycles. The number of fused-ring (bicyclic) bond motifs is 9. The van der Waals surface area contributed by atoms with E-state index in [2.05, 4.69) is 140 Å². The Morgan fingerprint density at radius 1 is 0.273 bits per heavy atom. The molecule has 0 unspecified atom stereocenters. The SMILES string of the molecule is c1ccc(-c2cccc(-c3nc(-c4ccccc4)nc(-c4ccc5oc6cccc(-c7ccc8c9ccccc9c9ccccc9c8c7)c6c5c4)n3)c2)cc1. The topological polar surface area (TPSA) is 51.8 Å². The standard InChI is InChI=1S/C51H31N3O/c1-3-13-32(14-4-1)34-17-11-18-36(29-34)50-52-49(33-15-5-2-6-16-33)53-51(54-50)37-26-28-46-45(31-37)48-38(23-12-24-47(48)55-46)35-25-27-43-41-21-8-7-19-39(41)40-20-9-10-22-42(40)44(43)30-35/h1-31H. The van der Waals surface area contributed by atoms with E-state index < -0.39 is 0 Å². The zero-order valence-electron chi connectivity index (χ0n) is 29.6. The van der Waals surface area contributed by atoms with Crippen LogP contribution < -0.4 is 0 Å². The van der Waals surface area contributed by atoms with E-state index >= 15 is 0 Å². The van der Waals surface area contributed by atoms with Gasteiger partial charge in [0.1, 0.15) is 11.2 Å². The van der Waals surface area contributed by atoms with E-state index in [1.54, 1.807) is 0 Å². The van der Waals surface area contributed by atoms with E-state index in [4.69, 9.17) is 19.4 Å². The average Bonchev–Trinajstić information content (AvgIpc) is 3.65. The van der Waals surface area contributed by atoms with Crippen molar-refractivity contribution in [1.82, 2.24) is 15.0 Å². The lowest BCUT2D eigenvalue weighted by atomic mass is 9.91. The molecule has 0 aliphatic heterocycles. The summed E-state index contributed by atoms with van der Waals surface area (Å²) in [5.41, 5.74) is 8.91. The highest BCUT2D eigenvalue weighted by Gasteiger charge is 2.18. The average molecular weight is 702 g/mol. The summed E-state index contributed by atoms with van der Waals surface area (Å²) in [6.45, 7) is 0. The Kier molecular flexibility index (Phi) is 7.14. The predicted octanol–water partition coefficient (Wildman–Crippen LogP) is 13.6. The van der Waals surface area contributed by atoms with Gasteiger partial charge in [-0.05, 0) is 91.0 Å². The maximum atomic E-state index is 6.51. The molecule has 0 radical (unpaired) electrons.